The van der Waals surface area contributed by atoms with Crippen LogP contribution in [-0.4, -0.2) is 30.0 Å². The van der Waals surface area contributed by atoms with E-state index in [4.69, 9.17) is 0 Å². The van der Waals surface area contributed by atoms with Crippen molar-refractivity contribution in [3.05, 3.63) is 69.6 Å². The lowest BCUT2D eigenvalue weighted by Gasteiger charge is -2.36. The molecule has 0 radical (unpaired) electrons. The first-order valence-corrected chi connectivity index (χ1v) is 7.42. The highest BCUT2D eigenvalue weighted by molar-refractivity contribution is 5.85. The van der Waals surface area contributed by atoms with E-state index in [1.807, 2.05) is 13.1 Å². The van der Waals surface area contributed by atoms with Gasteiger partial charge in [-0.25, -0.2) is 0 Å². The number of likely N-dealkylation sites (N-methyl/N-ethyl adjacent to an activating group) is 1. The van der Waals surface area contributed by atoms with Crippen molar-refractivity contribution in [3.63, 3.8) is 0 Å². The lowest BCUT2D eigenvalue weighted by molar-refractivity contribution is 0.171. The van der Waals surface area contributed by atoms with Gasteiger partial charge in [-0.1, -0.05) is 30.3 Å². The Morgan fingerprint density at radius 2 is 2.05 bits per heavy atom. The SMILES string of the molecule is CNCC1c2c([nH]ccc2=O)CCN1Cc1ccccc1.Cl. The topological polar surface area (TPSA) is 48.1 Å². The summed E-state index contributed by atoms with van der Waals surface area (Å²) in [5.41, 5.74) is 3.44. The van der Waals surface area contributed by atoms with Crippen LogP contribution in [0.3, 0.4) is 0 Å². The second-order valence-corrected chi connectivity index (χ2v) is 5.51. The maximum absolute atomic E-state index is 12.3. The van der Waals surface area contributed by atoms with Crippen LogP contribution in [0.4, 0.5) is 0 Å². The number of hydrogen-bond acceptors (Lipinski definition) is 3. The normalized spacial score (nSPS) is 17.6. The number of aromatic nitrogens is 1. The number of rotatable bonds is 4. The summed E-state index contributed by atoms with van der Waals surface area (Å²) in [6.45, 7) is 2.63. The van der Waals surface area contributed by atoms with Gasteiger partial charge in [-0.15, -0.1) is 12.4 Å². The average molecular weight is 320 g/mol. The van der Waals surface area contributed by atoms with Crippen molar-refractivity contribution in [1.82, 2.24) is 15.2 Å². The predicted octanol–water partition coefficient (Wildman–Crippen LogP) is 2.12. The first-order chi connectivity index (χ1) is 10.3. The van der Waals surface area contributed by atoms with Crippen LogP contribution in [-0.2, 0) is 13.0 Å². The Bertz CT molecular complexity index is 656. The number of benzene rings is 1. The van der Waals surface area contributed by atoms with E-state index in [9.17, 15) is 4.79 Å². The Kier molecular flexibility index (Phi) is 5.77. The van der Waals surface area contributed by atoms with Crippen molar-refractivity contribution in [1.29, 1.82) is 0 Å². The van der Waals surface area contributed by atoms with Gasteiger partial charge in [0, 0.05) is 49.6 Å². The van der Waals surface area contributed by atoms with Gasteiger partial charge in [0.05, 0.1) is 6.04 Å². The minimum Gasteiger partial charge on any atom is -0.364 e. The number of pyridine rings is 1. The van der Waals surface area contributed by atoms with Crippen molar-refractivity contribution in [2.24, 2.45) is 0 Å². The lowest BCUT2D eigenvalue weighted by atomic mass is 9.95. The largest absolute Gasteiger partial charge is 0.364 e. The molecule has 1 atom stereocenters. The van der Waals surface area contributed by atoms with E-state index in [1.165, 1.54) is 5.56 Å². The van der Waals surface area contributed by atoms with Crippen LogP contribution in [0.5, 0.6) is 0 Å². The summed E-state index contributed by atoms with van der Waals surface area (Å²) < 4.78 is 0. The molecule has 0 saturated carbocycles. The first-order valence-electron chi connectivity index (χ1n) is 7.42. The van der Waals surface area contributed by atoms with Crippen LogP contribution in [0.15, 0.2) is 47.4 Å². The molecule has 22 heavy (non-hydrogen) atoms. The van der Waals surface area contributed by atoms with Gasteiger partial charge in [-0.3, -0.25) is 9.69 Å². The summed E-state index contributed by atoms with van der Waals surface area (Å²) in [5.74, 6) is 0. The number of hydrogen-bond donors (Lipinski definition) is 2. The molecule has 1 aromatic carbocycles. The van der Waals surface area contributed by atoms with Crippen LogP contribution in [0.2, 0.25) is 0 Å². The average Bonchev–Trinajstić information content (AvgIpc) is 2.51. The number of nitrogens with one attached hydrogen (secondary N) is 2. The molecule has 2 N–H and O–H groups in total. The van der Waals surface area contributed by atoms with Crippen molar-refractivity contribution >= 4 is 12.4 Å². The van der Waals surface area contributed by atoms with Crippen LogP contribution < -0.4 is 10.7 Å². The molecular formula is C17H22ClN3O. The lowest BCUT2D eigenvalue weighted by Crippen LogP contribution is -2.42. The van der Waals surface area contributed by atoms with E-state index >= 15 is 0 Å². The summed E-state index contributed by atoms with van der Waals surface area (Å²) in [6.07, 6.45) is 2.66. The molecule has 1 aromatic heterocycles. The first kappa shape index (κ1) is 16.7. The maximum atomic E-state index is 12.3. The van der Waals surface area contributed by atoms with Gasteiger partial charge < -0.3 is 10.3 Å². The fraction of sp³-hybridized carbons (Fsp3) is 0.353. The minimum absolute atomic E-state index is 0. The zero-order valence-electron chi connectivity index (χ0n) is 12.7. The van der Waals surface area contributed by atoms with E-state index in [-0.39, 0.29) is 23.9 Å². The number of nitrogens with zero attached hydrogens (tertiary/aromatic N) is 1. The molecule has 1 aliphatic rings. The Morgan fingerprint density at radius 3 is 2.77 bits per heavy atom. The molecule has 0 saturated heterocycles. The highest BCUT2D eigenvalue weighted by atomic mass is 35.5. The number of aromatic amines is 1. The van der Waals surface area contributed by atoms with Crippen molar-refractivity contribution in [2.45, 2.75) is 19.0 Å². The molecule has 3 rings (SSSR count). The molecule has 0 bridgehead atoms. The van der Waals surface area contributed by atoms with Gasteiger partial charge in [0.2, 0.25) is 0 Å². The zero-order chi connectivity index (χ0) is 14.7. The van der Waals surface area contributed by atoms with Gasteiger partial charge in [0.25, 0.3) is 0 Å². The number of fused-ring (bicyclic) bond motifs is 1. The molecule has 0 fully saturated rings. The summed E-state index contributed by atoms with van der Waals surface area (Å²) in [7, 11) is 1.94. The van der Waals surface area contributed by atoms with E-state index < -0.39 is 0 Å². The summed E-state index contributed by atoms with van der Waals surface area (Å²) in [5, 5.41) is 3.23. The molecule has 118 valence electrons. The summed E-state index contributed by atoms with van der Waals surface area (Å²) >= 11 is 0. The smallest absolute Gasteiger partial charge is 0.186 e. The molecule has 1 unspecified atom stereocenters. The molecule has 5 heteroatoms. The van der Waals surface area contributed by atoms with Crippen molar-refractivity contribution in [2.75, 3.05) is 20.1 Å². The quantitative estimate of drug-likeness (QED) is 0.907. The third kappa shape index (κ3) is 3.40. The second-order valence-electron chi connectivity index (χ2n) is 5.51. The highest BCUT2D eigenvalue weighted by Gasteiger charge is 2.29. The summed E-state index contributed by atoms with van der Waals surface area (Å²) in [6, 6.07) is 12.2. The Hall–Kier alpha value is -1.62. The second kappa shape index (κ2) is 7.58. The summed E-state index contributed by atoms with van der Waals surface area (Å²) in [4.78, 5) is 17.9. The van der Waals surface area contributed by atoms with Crippen LogP contribution in [0.25, 0.3) is 0 Å². The minimum atomic E-state index is 0. The predicted molar refractivity (Wildman–Crippen MR) is 91.5 cm³/mol. The standard InChI is InChI=1S/C17H21N3O.ClH/c1-18-11-15-17-14(19-9-7-16(17)21)8-10-20(15)12-13-5-3-2-4-6-13;/h2-7,9,15,18H,8,10-12H2,1H3,(H,19,21);1H. The molecule has 0 spiro atoms. The fourth-order valence-electron chi connectivity index (χ4n) is 3.13. The molecular weight excluding hydrogens is 298 g/mol. The third-order valence-corrected chi connectivity index (χ3v) is 4.13. The van der Waals surface area contributed by atoms with Gasteiger partial charge in [0.1, 0.15) is 0 Å². The van der Waals surface area contributed by atoms with Crippen molar-refractivity contribution in [3.8, 4) is 0 Å². The maximum Gasteiger partial charge on any atom is 0.186 e. The van der Waals surface area contributed by atoms with Crippen molar-refractivity contribution < 1.29 is 0 Å². The van der Waals surface area contributed by atoms with E-state index in [0.717, 1.165) is 37.3 Å². The molecule has 2 aromatic rings. The molecule has 4 nitrogen and oxygen atoms in total. The Labute approximate surface area is 137 Å². The molecule has 0 aliphatic carbocycles. The van der Waals surface area contributed by atoms with E-state index in [2.05, 4.69) is 39.5 Å². The number of H-pyrrole nitrogens is 1. The van der Waals surface area contributed by atoms with Crippen LogP contribution >= 0.6 is 12.4 Å². The molecule has 0 amide bonds. The fourth-order valence-corrected chi connectivity index (χ4v) is 3.13. The number of halogens is 1. The third-order valence-electron chi connectivity index (χ3n) is 4.13. The zero-order valence-corrected chi connectivity index (χ0v) is 13.5. The van der Waals surface area contributed by atoms with E-state index in [0.29, 0.717) is 0 Å². The van der Waals surface area contributed by atoms with Gasteiger partial charge in [0.15, 0.2) is 5.43 Å². The van der Waals surface area contributed by atoms with Gasteiger partial charge in [-0.2, -0.15) is 0 Å². The Balaban J connectivity index is 0.00000176. The van der Waals surface area contributed by atoms with Crippen LogP contribution in [0.1, 0.15) is 22.9 Å². The van der Waals surface area contributed by atoms with Crippen LogP contribution in [0, 0.1) is 0 Å². The van der Waals surface area contributed by atoms with Gasteiger partial charge >= 0.3 is 0 Å². The Morgan fingerprint density at radius 1 is 1.27 bits per heavy atom. The van der Waals surface area contributed by atoms with Gasteiger partial charge in [-0.05, 0) is 12.6 Å². The van der Waals surface area contributed by atoms with E-state index in [1.54, 1.807) is 12.3 Å². The highest BCUT2D eigenvalue weighted by Crippen LogP contribution is 2.27. The molecule has 2 heterocycles. The molecule has 1 aliphatic heterocycles. The monoisotopic (exact) mass is 319 g/mol.